The van der Waals surface area contributed by atoms with Crippen LogP contribution in [-0.2, 0) is 9.53 Å². The molecule has 0 aromatic heterocycles. The molecule has 0 aliphatic carbocycles. The topological polar surface area (TPSA) is 26.3 Å². The SMILES string of the molecule is [CH2]CC(CC)OC=O. The molecule has 0 fully saturated rings. The smallest absolute Gasteiger partial charge is 0.293 e. The first-order valence-corrected chi connectivity index (χ1v) is 2.73. The van der Waals surface area contributed by atoms with E-state index in [1.54, 1.807) is 0 Å². The third kappa shape index (κ3) is 2.61. The lowest BCUT2D eigenvalue weighted by Crippen LogP contribution is -2.08. The number of carbonyl (C=O) groups is 1. The average molecular weight is 115 g/mol. The molecule has 1 atom stereocenters. The van der Waals surface area contributed by atoms with Gasteiger partial charge in [0.25, 0.3) is 6.47 Å². The van der Waals surface area contributed by atoms with Crippen LogP contribution in [0.2, 0.25) is 0 Å². The van der Waals surface area contributed by atoms with E-state index < -0.39 is 0 Å². The Kier molecular flexibility index (Phi) is 4.32. The van der Waals surface area contributed by atoms with Crippen LogP contribution in [0.25, 0.3) is 0 Å². The third-order valence-electron chi connectivity index (χ3n) is 1.03. The zero-order chi connectivity index (χ0) is 6.41. The van der Waals surface area contributed by atoms with Crippen LogP contribution in [0.3, 0.4) is 0 Å². The van der Waals surface area contributed by atoms with Crippen LogP contribution in [0.15, 0.2) is 0 Å². The molecule has 0 heterocycles. The highest BCUT2D eigenvalue weighted by atomic mass is 16.5. The molecule has 0 aromatic rings. The summed E-state index contributed by atoms with van der Waals surface area (Å²) in [6, 6.07) is 0. The second kappa shape index (κ2) is 4.62. The van der Waals surface area contributed by atoms with Crippen molar-refractivity contribution >= 4 is 6.47 Å². The molecule has 0 rings (SSSR count). The van der Waals surface area contributed by atoms with Crippen molar-refractivity contribution in [1.82, 2.24) is 0 Å². The first-order chi connectivity index (χ1) is 3.85. The van der Waals surface area contributed by atoms with Crippen molar-refractivity contribution in [2.75, 3.05) is 0 Å². The minimum absolute atomic E-state index is 0.0208. The standard InChI is InChI=1S/C6H11O2/c1-3-6(4-2)8-5-7/h5-6H,1,3-4H2,2H3. The Labute approximate surface area is 49.8 Å². The summed E-state index contributed by atoms with van der Waals surface area (Å²) < 4.78 is 4.60. The van der Waals surface area contributed by atoms with Crippen LogP contribution >= 0.6 is 0 Å². The molecule has 1 radical (unpaired) electrons. The van der Waals surface area contributed by atoms with E-state index in [9.17, 15) is 4.79 Å². The van der Waals surface area contributed by atoms with Gasteiger partial charge in [0.05, 0.1) is 0 Å². The van der Waals surface area contributed by atoms with Crippen LogP contribution < -0.4 is 0 Å². The zero-order valence-electron chi connectivity index (χ0n) is 5.09. The number of hydrogen-bond donors (Lipinski definition) is 0. The first-order valence-electron chi connectivity index (χ1n) is 2.73. The summed E-state index contributed by atoms with van der Waals surface area (Å²) in [5.74, 6) is 0. The maximum atomic E-state index is 9.68. The molecule has 2 nitrogen and oxygen atoms in total. The molecule has 0 aliphatic rings. The fourth-order valence-electron chi connectivity index (χ4n) is 0.447. The second-order valence-electron chi connectivity index (χ2n) is 1.55. The minimum atomic E-state index is 0.0208. The summed E-state index contributed by atoms with van der Waals surface area (Å²) in [4.78, 5) is 9.68. The minimum Gasteiger partial charge on any atom is -0.465 e. The van der Waals surface area contributed by atoms with E-state index in [2.05, 4.69) is 11.7 Å². The Hall–Kier alpha value is -0.530. The molecule has 0 spiro atoms. The van der Waals surface area contributed by atoms with Crippen LogP contribution in [-0.4, -0.2) is 12.6 Å². The lowest BCUT2D eigenvalue weighted by atomic mass is 10.2. The highest BCUT2D eigenvalue weighted by Gasteiger charge is 1.99. The Morgan fingerprint density at radius 1 is 1.88 bits per heavy atom. The van der Waals surface area contributed by atoms with Gasteiger partial charge in [0.1, 0.15) is 6.10 Å². The molecule has 0 bridgehead atoms. The predicted octanol–water partition coefficient (Wildman–Crippen LogP) is 1.16. The summed E-state index contributed by atoms with van der Waals surface area (Å²) in [7, 11) is 0. The molecule has 2 heteroatoms. The highest BCUT2D eigenvalue weighted by Crippen LogP contribution is 1.98. The van der Waals surface area contributed by atoms with E-state index in [0.29, 0.717) is 12.9 Å². The van der Waals surface area contributed by atoms with E-state index in [0.717, 1.165) is 6.42 Å². The molecular weight excluding hydrogens is 104 g/mol. The van der Waals surface area contributed by atoms with Crippen molar-refractivity contribution in [3.05, 3.63) is 6.92 Å². The maximum Gasteiger partial charge on any atom is 0.293 e. The Bertz CT molecular complexity index is 57.5. The van der Waals surface area contributed by atoms with Gasteiger partial charge in [-0.25, -0.2) is 0 Å². The summed E-state index contributed by atoms with van der Waals surface area (Å²) in [5, 5.41) is 0. The van der Waals surface area contributed by atoms with E-state index in [4.69, 9.17) is 0 Å². The number of ether oxygens (including phenoxy) is 1. The zero-order valence-corrected chi connectivity index (χ0v) is 5.09. The summed E-state index contributed by atoms with van der Waals surface area (Å²) >= 11 is 0. The Morgan fingerprint density at radius 2 is 2.50 bits per heavy atom. The maximum absolute atomic E-state index is 9.68. The quantitative estimate of drug-likeness (QED) is 0.514. The number of rotatable bonds is 4. The van der Waals surface area contributed by atoms with Gasteiger partial charge in [-0.15, -0.1) is 0 Å². The first kappa shape index (κ1) is 7.47. The van der Waals surface area contributed by atoms with Crippen LogP contribution in [0.5, 0.6) is 0 Å². The van der Waals surface area contributed by atoms with E-state index in [-0.39, 0.29) is 6.10 Å². The van der Waals surface area contributed by atoms with Gasteiger partial charge < -0.3 is 4.74 Å². The normalized spacial score (nSPS) is 9.38. The van der Waals surface area contributed by atoms with E-state index in [1.165, 1.54) is 0 Å². The van der Waals surface area contributed by atoms with E-state index in [1.807, 2.05) is 6.92 Å². The molecule has 0 saturated heterocycles. The van der Waals surface area contributed by atoms with Crippen molar-refractivity contribution in [3.63, 3.8) is 0 Å². The summed E-state index contributed by atoms with van der Waals surface area (Å²) in [5.41, 5.74) is 0. The lowest BCUT2D eigenvalue weighted by molar-refractivity contribution is -0.133. The molecule has 0 aliphatic heterocycles. The van der Waals surface area contributed by atoms with Gasteiger partial charge in [-0.1, -0.05) is 6.92 Å². The molecule has 0 amide bonds. The summed E-state index contributed by atoms with van der Waals surface area (Å²) in [6.07, 6.45) is 1.53. The van der Waals surface area contributed by atoms with Crippen molar-refractivity contribution in [1.29, 1.82) is 0 Å². The van der Waals surface area contributed by atoms with Gasteiger partial charge in [0, 0.05) is 0 Å². The lowest BCUT2D eigenvalue weighted by Gasteiger charge is -2.07. The van der Waals surface area contributed by atoms with Crippen LogP contribution in [0.1, 0.15) is 19.8 Å². The molecule has 1 unspecified atom stereocenters. The Balaban J connectivity index is 3.20. The Morgan fingerprint density at radius 3 is 2.62 bits per heavy atom. The largest absolute Gasteiger partial charge is 0.465 e. The van der Waals surface area contributed by atoms with Crippen molar-refractivity contribution in [2.24, 2.45) is 0 Å². The predicted molar refractivity (Wildman–Crippen MR) is 31.2 cm³/mol. The molecule has 47 valence electrons. The molecular formula is C6H11O2. The van der Waals surface area contributed by atoms with Crippen LogP contribution in [0, 0.1) is 6.92 Å². The number of hydrogen-bond acceptors (Lipinski definition) is 2. The average Bonchev–Trinajstić information content (AvgIpc) is 1.83. The van der Waals surface area contributed by atoms with Gasteiger partial charge in [0.15, 0.2) is 0 Å². The second-order valence-corrected chi connectivity index (χ2v) is 1.55. The van der Waals surface area contributed by atoms with Crippen LogP contribution in [0.4, 0.5) is 0 Å². The van der Waals surface area contributed by atoms with Gasteiger partial charge in [-0.2, -0.15) is 0 Å². The van der Waals surface area contributed by atoms with Crippen molar-refractivity contribution in [3.8, 4) is 0 Å². The highest BCUT2D eigenvalue weighted by molar-refractivity contribution is 5.37. The molecule has 0 N–H and O–H groups in total. The van der Waals surface area contributed by atoms with Gasteiger partial charge in [-0.05, 0) is 19.8 Å². The van der Waals surface area contributed by atoms with Crippen molar-refractivity contribution < 1.29 is 9.53 Å². The fraction of sp³-hybridized carbons (Fsp3) is 0.667. The van der Waals surface area contributed by atoms with E-state index >= 15 is 0 Å². The number of carbonyl (C=O) groups excluding carboxylic acids is 1. The third-order valence-corrected chi connectivity index (χ3v) is 1.03. The fourth-order valence-corrected chi connectivity index (χ4v) is 0.447. The molecule has 0 aromatic carbocycles. The van der Waals surface area contributed by atoms with Crippen molar-refractivity contribution in [2.45, 2.75) is 25.9 Å². The molecule has 0 saturated carbocycles. The monoisotopic (exact) mass is 115 g/mol. The van der Waals surface area contributed by atoms with Gasteiger partial charge >= 0.3 is 0 Å². The summed E-state index contributed by atoms with van der Waals surface area (Å²) in [6.45, 7) is 6.02. The molecule has 8 heavy (non-hydrogen) atoms. The van der Waals surface area contributed by atoms with Gasteiger partial charge in [0.2, 0.25) is 0 Å². The van der Waals surface area contributed by atoms with Gasteiger partial charge in [-0.3, -0.25) is 4.79 Å².